The van der Waals surface area contributed by atoms with Crippen LogP contribution in [0.4, 0.5) is 0 Å². The SMILES string of the molecule is CNC(Cc1ccc(Br)s1)c1cccc2ncccc12. The molecule has 0 amide bonds. The maximum atomic E-state index is 4.44. The van der Waals surface area contributed by atoms with E-state index in [9.17, 15) is 0 Å². The quantitative estimate of drug-likeness (QED) is 0.748. The number of halogens is 1. The van der Waals surface area contributed by atoms with Gasteiger partial charge in [0.05, 0.1) is 9.30 Å². The fraction of sp³-hybridized carbons (Fsp3) is 0.188. The van der Waals surface area contributed by atoms with Crippen LogP contribution >= 0.6 is 27.3 Å². The van der Waals surface area contributed by atoms with Gasteiger partial charge in [-0.3, -0.25) is 4.98 Å². The number of hydrogen-bond donors (Lipinski definition) is 1. The first-order valence-electron chi connectivity index (χ1n) is 6.53. The van der Waals surface area contributed by atoms with Gasteiger partial charge in [-0.15, -0.1) is 11.3 Å². The van der Waals surface area contributed by atoms with Crippen molar-refractivity contribution in [2.45, 2.75) is 12.5 Å². The van der Waals surface area contributed by atoms with Crippen molar-refractivity contribution in [1.82, 2.24) is 10.3 Å². The Morgan fingerprint density at radius 3 is 2.85 bits per heavy atom. The van der Waals surface area contributed by atoms with E-state index in [4.69, 9.17) is 0 Å². The zero-order chi connectivity index (χ0) is 13.9. The average Bonchev–Trinajstić information content (AvgIpc) is 2.89. The minimum Gasteiger partial charge on any atom is -0.313 e. The Kier molecular flexibility index (Phi) is 4.15. The number of pyridine rings is 1. The lowest BCUT2D eigenvalue weighted by molar-refractivity contribution is 0.601. The van der Waals surface area contributed by atoms with Gasteiger partial charge in [0.1, 0.15) is 0 Å². The van der Waals surface area contributed by atoms with Crippen LogP contribution < -0.4 is 5.32 Å². The second-order valence-electron chi connectivity index (χ2n) is 4.67. The fourth-order valence-corrected chi connectivity index (χ4v) is 3.99. The third-order valence-electron chi connectivity index (χ3n) is 3.44. The average molecular weight is 347 g/mol. The molecule has 20 heavy (non-hydrogen) atoms. The van der Waals surface area contributed by atoms with E-state index in [0.717, 1.165) is 11.9 Å². The molecule has 0 radical (unpaired) electrons. The number of aromatic nitrogens is 1. The van der Waals surface area contributed by atoms with Gasteiger partial charge in [0.15, 0.2) is 0 Å². The highest BCUT2D eigenvalue weighted by Gasteiger charge is 2.14. The van der Waals surface area contributed by atoms with Gasteiger partial charge in [0.2, 0.25) is 0 Å². The molecule has 0 aliphatic rings. The van der Waals surface area contributed by atoms with Crippen LogP contribution in [0.2, 0.25) is 0 Å². The Morgan fingerprint density at radius 1 is 1.20 bits per heavy atom. The van der Waals surface area contributed by atoms with Crippen LogP contribution in [0.3, 0.4) is 0 Å². The summed E-state index contributed by atoms with van der Waals surface area (Å²) in [5.74, 6) is 0. The number of likely N-dealkylation sites (N-methyl/N-ethyl adjacent to an activating group) is 1. The fourth-order valence-electron chi connectivity index (χ4n) is 2.46. The second kappa shape index (κ2) is 6.04. The molecule has 0 bridgehead atoms. The molecule has 2 heterocycles. The summed E-state index contributed by atoms with van der Waals surface area (Å²) in [7, 11) is 2.02. The van der Waals surface area contributed by atoms with E-state index in [2.05, 4.69) is 62.6 Å². The summed E-state index contributed by atoms with van der Waals surface area (Å²) in [4.78, 5) is 5.81. The van der Waals surface area contributed by atoms with Gasteiger partial charge in [0, 0.05) is 28.9 Å². The minimum atomic E-state index is 0.299. The van der Waals surface area contributed by atoms with Crippen molar-refractivity contribution in [3.05, 3.63) is 62.9 Å². The Morgan fingerprint density at radius 2 is 2.10 bits per heavy atom. The molecule has 2 aromatic heterocycles. The number of thiophene rings is 1. The molecule has 0 saturated heterocycles. The third kappa shape index (κ3) is 2.77. The smallest absolute Gasteiger partial charge is 0.0705 e. The van der Waals surface area contributed by atoms with Gasteiger partial charge in [-0.05, 0) is 52.8 Å². The maximum absolute atomic E-state index is 4.44. The van der Waals surface area contributed by atoms with Crippen molar-refractivity contribution in [2.24, 2.45) is 0 Å². The van der Waals surface area contributed by atoms with E-state index >= 15 is 0 Å². The summed E-state index contributed by atoms with van der Waals surface area (Å²) < 4.78 is 1.18. The standard InChI is InChI=1S/C16H15BrN2S/c1-18-15(10-11-7-8-16(17)20-11)13-4-2-6-14-12(13)5-3-9-19-14/h2-9,15,18H,10H2,1H3. The first-order chi connectivity index (χ1) is 9.78. The number of hydrogen-bond acceptors (Lipinski definition) is 3. The number of fused-ring (bicyclic) bond motifs is 1. The van der Waals surface area contributed by atoms with E-state index in [0.29, 0.717) is 6.04 Å². The van der Waals surface area contributed by atoms with Crippen LogP contribution in [0, 0.1) is 0 Å². The molecule has 102 valence electrons. The largest absolute Gasteiger partial charge is 0.313 e. The van der Waals surface area contributed by atoms with Crippen molar-refractivity contribution in [3.63, 3.8) is 0 Å². The Balaban J connectivity index is 1.98. The Bertz CT molecular complexity index is 718. The number of rotatable bonds is 4. The lowest BCUT2D eigenvalue weighted by atomic mass is 9.98. The van der Waals surface area contributed by atoms with E-state index in [1.165, 1.54) is 19.6 Å². The maximum Gasteiger partial charge on any atom is 0.0705 e. The molecule has 1 atom stereocenters. The number of benzene rings is 1. The molecule has 0 fully saturated rings. The molecular weight excluding hydrogens is 332 g/mol. The van der Waals surface area contributed by atoms with Crippen LogP contribution in [0.1, 0.15) is 16.5 Å². The molecule has 1 unspecified atom stereocenters. The second-order valence-corrected chi connectivity index (χ2v) is 7.22. The minimum absolute atomic E-state index is 0.299. The lowest BCUT2D eigenvalue weighted by Crippen LogP contribution is -2.18. The first-order valence-corrected chi connectivity index (χ1v) is 8.14. The predicted octanol–water partition coefficient (Wildman–Crippen LogP) is 4.56. The molecule has 4 heteroatoms. The lowest BCUT2D eigenvalue weighted by Gasteiger charge is -2.17. The Hall–Kier alpha value is -1.23. The van der Waals surface area contributed by atoms with Crippen LogP contribution in [0.5, 0.6) is 0 Å². The highest BCUT2D eigenvalue weighted by molar-refractivity contribution is 9.11. The van der Waals surface area contributed by atoms with E-state index in [1.54, 1.807) is 11.3 Å². The summed E-state index contributed by atoms with van der Waals surface area (Å²) in [5, 5.41) is 4.66. The van der Waals surface area contributed by atoms with Crippen molar-refractivity contribution >= 4 is 38.2 Å². The molecule has 2 nitrogen and oxygen atoms in total. The highest BCUT2D eigenvalue weighted by Crippen LogP contribution is 2.29. The van der Waals surface area contributed by atoms with E-state index in [1.807, 2.05) is 19.3 Å². The third-order valence-corrected chi connectivity index (χ3v) is 5.08. The van der Waals surface area contributed by atoms with Gasteiger partial charge in [-0.1, -0.05) is 18.2 Å². The zero-order valence-electron chi connectivity index (χ0n) is 11.1. The molecule has 0 saturated carbocycles. The van der Waals surface area contributed by atoms with Gasteiger partial charge in [-0.25, -0.2) is 0 Å². The van der Waals surface area contributed by atoms with Crippen molar-refractivity contribution in [1.29, 1.82) is 0 Å². The molecule has 3 rings (SSSR count). The normalized spacial score (nSPS) is 12.7. The van der Waals surface area contributed by atoms with E-state index < -0.39 is 0 Å². The van der Waals surface area contributed by atoms with Gasteiger partial charge in [-0.2, -0.15) is 0 Å². The molecule has 0 aliphatic heterocycles. The van der Waals surface area contributed by atoms with Crippen LogP contribution in [0.25, 0.3) is 10.9 Å². The first kappa shape index (κ1) is 13.7. The number of nitrogens with zero attached hydrogens (tertiary/aromatic N) is 1. The molecule has 0 spiro atoms. The molecule has 1 N–H and O–H groups in total. The van der Waals surface area contributed by atoms with Crippen LogP contribution in [-0.4, -0.2) is 12.0 Å². The topological polar surface area (TPSA) is 24.9 Å². The van der Waals surface area contributed by atoms with Crippen molar-refractivity contribution in [2.75, 3.05) is 7.05 Å². The van der Waals surface area contributed by atoms with Gasteiger partial charge < -0.3 is 5.32 Å². The summed E-state index contributed by atoms with van der Waals surface area (Å²) in [6.07, 6.45) is 2.83. The van der Waals surface area contributed by atoms with Crippen molar-refractivity contribution in [3.8, 4) is 0 Å². The number of nitrogens with one attached hydrogen (secondary N) is 1. The van der Waals surface area contributed by atoms with Crippen LogP contribution in [0.15, 0.2) is 52.4 Å². The molecule has 0 aliphatic carbocycles. The summed E-state index contributed by atoms with van der Waals surface area (Å²) in [5.41, 5.74) is 2.36. The van der Waals surface area contributed by atoms with Crippen molar-refractivity contribution < 1.29 is 0 Å². The van der Waals surface area contributed by atoms with Gasteiger partial charge in [0.25, 0.3) is 0 Å². The predicted molar refractivity (Wildman–Crippen MR) is 89.3 cm³/mol. The zero-order valence-corrected chi connectivity index (χ0v) is 13.5. The summed E-state index contributed by atoms with van der Waals surface area (Å²) >= 11 is 5.32. The van der Waals surface area contributed by atoms with E-state index in [-0.39, 0.29) is 0 Å². The molecular formula is C16H15BrN2S. The summed E-state index contributed by atoms with van der Waals surface area (Å²) in [6, 6.07) is 15.1. The highest BCUT2D eigenvalue weighted by atomic mass is 79.9. The van der Waals surface area contributed by atoms with Crippen LogP contribution in [-0.2, 0) is 6.42 Å². The Labute approximate surface area is 131 Å². The molecule has 3 aromatic rings. The van der Waals surface area contributed by atoms with Gasteiger partial charge >= 0.3 is 0 Å². The monoisotopic (exact) mass is 346 g/mol. The molecule has 1 aromatic carbocycles. The summed E-state index contributed by atoms with van der Waals surface area (Å²) in [6.45, 7) is 0.